The Hall–Kier alpha value is -3.03. The van der Waals surface area contributed by atoms with Crippen LogP contribution in [0.15, 0.2) is 60.0 Å². The molecule has 1 atom stereocenters. The van der Waals surface area contributed by atoms with Gasteiger partial charge in [0, 0.05) is 28.7 Å². The van der Waals surface area contributed by atoms with Crippen molar-refractivity contribution in [2.24, 2.45) is 5.92 Å². The van der Waals surface area contributed by atoms with Gasteiger partial charge in [-0.2, -0.15) is 0 Å². The molecule has 1 N–H and O–H groups in total. The van der Waals surface area contributed by atoms with E-state index < -0.39 is 0 Å². The van der Waals surface area contributed by atoms with Crippen LogP contribution in [0.25, 0.3) is 0 Å². The van der Waals surface area contributed by atoms with Crippen LogP contribution in [0.5, 0.6) is 5.75 Å². The minimum absolute atomic E-state index is 0.00674. The zero-order valence-electron chi connectivity index (χ0n) is 20.9. The first kappa shape index (κ1) is 26.0. The lowest BCUT2D eigenvalue weighted by Crippen LogP contribution is -2.49. The molecule has 6 nitrogen and oxygen atoms in total. The Bertz CT molecular complexity index is 1180. The summed E-state index contributed by atoms with van der Waals surface area (Å²) in [6.07, 6.45) is 0.802. The number of nitrogens with zero attached hydrogens (tertiary/aromatic N) is 2. The molecule has 1 aromatic heterocycles. The van der Waals surface area contributed by atoms with E-state index in [-0.39, 0.29) is 30.4 Å². The van der Waals surface area contributed by atoms with Gasteiger partial charge in [0.15, 0.2) is 0 Å². The average Bonchev–Trinajstić information content (AvgIpc) is 3.33. The highest BCUT2D eigenvalue weighted by Gasteiger charge is 2.33. The molecule has 36 heavy (non-hydrogen) atoms. The minimum Gasteiger partial charge on any atom is -0.491 e. The summed E-state index contributed by atoms with van der Waals surface area (Å²) in [7, 11) is 0. The fraction of sp³-hybridized carbons (Fsp3) is 0.357. The monoisotopic (exact) mass is 525 g/mol. The van der Waals surface area contributed by atoms with Gasteiger partial charge in [0.25, 0.3) is 0 Å². The van der Waals surface area contributed by atoms with Crippen LogP contribution < -0.4 is 10.1 Å². The predicted molar refractivity (Wildman–Crippen MR) is 146 cm³/mol. The van der Waals surface area contributed by atoms with Gasteiger partial charge in [-0.3, -0.25) is 4.79 Å². The third-order valence-electron chi connectivity index (χ3n) is 6.14. The number of thiophene rings is 1. The largest absolute Gasteiger partial charge is 0.491 e. The Morgan fingerprint density at radius 1 is 1.14 bits per heavy atom. The lowest BCUT2D eigenvalue weighted by molar-refractivity contribution is -0.135. The van der Waals surface area contributed by atoms with Crippen molar-refractivity contribution in [1.82, 2.24) is 9.80 Å². The zero-order chi connectivity index (χ0) is 25.7. The van der Waals surface area contributed by atoms with Gasteiger partial charge in [-0.1, -0.05) is 43.1 Å². The summed E-state index contributed by atoms with van der Waals surface area (Å²) in [4.78, 5) is 31.5. The second-order valence-corrected chi connectivity index (χ2v) is 10.9. The molecule has 1 aliphatic heterocycles. The predicted octanol–water partition coefficient (Wildman–Crippen LogP) is 6.40. The van der Waals surface area contributed by atoms with Gasteiger partial charge in [0.1, 0.15) is 18.9 Å². The molecule has 2 heterocycles. The molecule has 0 saturated heterocycles. The van der Waals surface area contributed by atoms with E-state index in [2.05, 4.69) is 16.8 Å². The van der Waals surface area contributed by atoms with Gasteiger partial charge in [0.2, 0.25) is 5.91 Å². The standard InChI is InChI=1S/C28H32ClN3O3S/c1-19(2)16-31(28(34)30-22-8-4-20(3)5-9-22)17-27(33)32-14-12-26-24(13-15-36-26)25(32)18-35-23-10-6-21(29)7-11-23/h4-11,13,15,19,25H,12,14,16-18H2,1-3H3,(H,30,34)/t25-/m1/s1. The number of benzene rings is 2. The molecule has 2 aromatic carbocycles. The number of hydrogen-bond donors (Lipinski definition) is 1. The van der Waals surface area contributed by atoms with Crippen LogP contribution in [-0.2, 0) is 11.2 Å². The van der Waals surface area contributed by atoms with Gasteiger partial charge in [0.05, 0.1) is 6.04 Å². The van der Waals surface area contributed by atoms with Gasteiger partial charge in [-0.25, -0.2) is 4.79 Å². The highest BCUT2D eigenvalue weighted by molar-refractivity contribution is 7.10. The number of nitrogens with one attached hydrogen (secondary N) is 1. The van der Waals surface area contributed by atoms with Crippen LogP contribution >= 0.6 is 22.9 Å². The van der Waals surface area contributed by atoms with Crippen LogP contribution in [0.4, 0.5) is 10.5 Å². The molecule has 3 amide bonds. The van der Waals surface area contributed by atoms with Crippen molar-refractivity contribution < 1.29 is 14.3 Å². The number of fused-ring (bicyclic) bond motifs is 1. The molecule has 0 bridgehead atoms. The first-order valence-electron chi connectivity index (χ1n) is 12.2. The first-order chi connectivity index (χ1) is 17.3. The van der Waals surface area contributed by atoms with Crippen LogP contribution in [0.3, 0.4) is 0 Å². The topological polar surface area (TPSA) is 61.9 Å². The molecule has 0 unspecified atom stereocenters. The van der Waals surface area contributed by atoms with E-state index in [4.69, 9.17) is 16.3 Å². The second-order valence-electron chi connectivity index (χ2n) is 9.49. The maximum absolute atomic E-state index is 13.6. The highest BCUT2D eigenvalue weighted by Crippen LogP contribution is 2.34. The summed E-state index contributed by atoms with van der Waals surface area (Å²) in [6, 6.07) is 16.4. The molecule has 0 radical (unpaired) electrons. The van der Waals surface area contributed by atoms with Crippen molar-refractivity contribution in [3.63, 3.8) is 0 Å². The molecule has 3 aromatic rings. The number of amides is 3. The Labute approximate surface area is 221 Å². The van der Waals surface area contributed by atoms with Crippen LogP contribution in [0.1, 0.15) is 35.9 Å². The van der Waals surface area contributed by atoms with E-state index in [1.807, 2.05) is 62.1 Å². The summed E-state index contributed by atoms with van der Waals surface area (Å²) in [5, 5.41) is 5.65. The average molecular weight is 526 g/mol. The number of carbonyl (C=O) groups excluding carboxylic acids is 2. The number of hydrogen-bond acceptors (Lipinski definition) is 4. The molecule has 8 heteroatoms. The van der Waals surface area contributed by atoms with Gasteiger partial charge in [-0.05, 0) is 72.7 Å². The van der Waals surface area contributed by atoms with Crippen molar-refractivity contribution in [3.05, 3.63) is 81.0 Å². The summed E-state index contributed by atoms with van der Waals surface area (Å²) in [6.45, 7) is 7.49. The fourth-order valence-corrected chi connectivity index (χ4v) is 5.39. The molecule has 0 fully saturated rings. The summed E-state index contributed by atoms with van der Waals surface area (Å²) < 4.78 is 6.07. The number of carbonyl (C=O) groups is 2. The smallest absolute Gasteiger partial charge is 0.322 e. The Morgan fingerprint density at radius 3 is 2.56 bits per heavy atom. The number of aryl methyl sites for hydroxylation is 1. The number of ether oxygens (including phenoxy) is 1. The molecule has 0 saturated carbocycles. The van der Waals surface area contributed by atoms with E-state index in [1.165, 1.54) is 4.88 Å². The van der Waals surface area contributed by atoms with Gasteiger partial charge >= 0.3 is 6.03 Å². The minimum atomic E-state index is -0.275. The number of halogens is 1. The molecule has 0 spiro atoms. The van der Waals surface area contributed by atoms with E-state index in [0.29, 0.717) is 36.2 Å². The Kier molecular flexibility index (Phi) is 8.54. The van der Waals surface area contributed by atoms with Crippen molar-refractivity contribution in [2.45, 2.75) is 33.2 Å². The van der Waals surface area contributed by atoms with Gasteiger partial charge in [-0.15, -0.1) is 11.3 Å². The van der Waals surface area contributed by atoms with E-state index in [9.17, 15) is 9.59 Å². The van der Waals surface area contributed by atoms with Crippen molar-refractivity contribution >= 4 is 40.6 Å². The SMILES string of the molecule is Cc1ccc(NC(=O)N(CC(=O)N2CCc3sccc3[C@H]2COc2ccc(Cl)cc2)CC(C)C)cc1. The normalized spacial score (nSPS) is 14.9. The lowest BCUT2D eigenvalue weighted by Gasteiger charge is -2.37. The first-order valence-corrected chi connectivity index (χ1v) is 13.4. The fourth-order valence-electron chi connectivity index (χ4n) is 4.33. The molecule has 190 valence electrons. The maximum atomic E-state index is 13.6. The van der Waals surface area contributed by atoms with Crippen molar-refractivity contribution in [3.8, 4) is 5.75 Å². The van der Waals surface area contributed by atoms with E-state index in [0.717, 1.165) is 17.5 Å². The van der Waals surface area contributed by atoms with Crippen LogP contribution in [0, 0.1) is 12.8 Å². The Balaban J connectivity index is 1.48. The second kappa shape index (κ2) is 11.8. The van der Waals surface area contributed by atoms with Crippen molar-refractivity contribution in [1.29, 1.82) is 0 Å². The molecule has 0 aliphatic carbocycles. The molecule has 1 aliphatic rings. The van der Waals surface area contributed by atoms with Crippen LogP contribution in [-0.4, -0.2) is 48.0 Å². The number of anilines is 1. The summed E-state index contributed by atoms with van der Waals surface area (Å²) in [5.41, 5.74) is 2.95. The number of urea groups is 1. The maximum Gasteiger partial charge on any atom is 0.322 e. The quantitative estimate of drug-likeness (QED) is 0.370. The number of rotatable bonds is 8. The third kappa shape index (κ3) is 6.59. The third-order valence-corrected chi connectivity index (χ3v) is 7.39. The summed E-state index contributed by atoms with van der Waals surface area (Å²) in [5.74, 6) is 0.833. The zero-order valence-corrected chi connectivity index (χ0v) is 22.4. The van der Waals surface area contributed by atoms with Gasteiger partial charge < -0.3 is 19.9 Å². The Morgan fingerprint density at radius 2 is 1.86 bits per heavy atom. The van der Waals surface area contributed by atoms with Crippen molar-refractivity contribution in [2.75, 3.05) is 31.6 Å². The van der Waals surface area contributed by atoms with E-state index >= 15 is 0 Å². The van der Waals surface area contributed by atoms with E-state index in [1.54, 1.807) is 28.4 Å². The highest BCUT2D eigenvalue weighted by atomic mass is 35.5. The lowest BCUT2D eigenvalue weighted by atomic mass is 10.0. The molecular formula is C28H32ClN3O3S. The summed E-state index contributed by atoms with van der Waals surface area (Å²) >= 11 is 7.71. The van der Waals surface area contributed by atoms with Crippen LogP contribution in [0.2, 0.25) is 5.02 Å². The molecular weight excluding hydrogens is 494 g/mol. The molecule has 4 rings (SSSR count).